The molecule has 23 heavy (non-hydrogen) atoms. The Labute approximate surface area is 141 Å². The van der Waals surface area contributed by atoms with E-state index in [9.17, 15) is 10.2 Å². The molecule has 2 atom stereocenters. The SMILES string of the molecule is COc1ccc([C@@H](CO)N(C)C[C@H](O)c2cccc(Cl)c2)cc1. The Morgan fingerprint density at radius 2 is 1.83 bits per heavy atom. The minimum Gasteiger partial charge on any atom is -0.497 e. The fourth-order valence-corrected chi connectivity index (χ4v) is 2.74. The van der Waals surface area contributed by atoms with Crippen molar-refractivity contribution >= 4 is 11.6 Å². The van der Waals surface area contributed by atoms with Crippen molar-refractivity contribution in [2.24, 2.45) is 0 Å². The fraction of sp³-hybridized carbons (Fsp3) is 0.333. The second-order valence-corrected chi connectivity index (χ2v) is 5.92. The van der Waals surface area contributed by atoms with E-state index >= 15 is 0 Å². The molecule has 0 unspecified atom stereocenters. The molecule has 0 radical (unpaired) electrons. The minimum atomic E-state index is -0.675. The van der Waals surface area contributed by atoms with Crippen LogP contribution < -0.4 is 4.74 Å². The summed E-state index contributed by atoms with van der Waals surface area (Å²) in [7, 11) is 3.49. The van der Waals surface area contributed by atoms with E-state index in [1.807, 2.05) is 48.3 Å². The quantitative estimate of drug-likeness (QED) is 0.816. The second-order valence-electron chi connectivity index (χ2n) is 5.48. The third-order valence-corrected chi connectivity index (χ3v) is 4.14. The molecule has 0 spiro atoms. The molecule has 0 saturated heterocycles. The van der Waals surface area contributed by atoms with E-state index in [1.165, 1.54) is 0 Å². The molecule has 5 heteroatoms. The summed E-state index contributed by atoms with van der Waals surface area (Å²) >= 11 is 5.96. The van der Waals surface area contributed by atoms with Gasteiger partial charge in [-0.1, -0.05) is 35.9 Å². The molecule has 0 saturated carbocycles. The van der Waals surface area contributed by atoms with Crippen LogP contribution in [0, 0.1) is 0 Å². The summed E-state index contributed by atoms with van der Waals surface area (Å²) in [6, 6.07) is 14.5. The van der Waals surface area contributed by atoms with Crippen LogP contribution >= 0.6 is 11.6 Å². The van der Waals surface area contributed by atoms with Gasteiger partial charge in [-0.15, -0.1) is 0 Å². The minimum absolute atomic E-state index is 0.0366. The van der Waals surface area contributed by atoms with E-state index in [2.05, 4.69) is 0 Å². The number of nitrogens with zero attached hydrogens (tertiary/aromatic N) is 1. The highest BCUT2D eigenvalue weighted by Gasteiger charge is 2.20. The highest BCUT2D eigenvalue weighted by atomic mass is 35.5. The number of rotatable bonds is 7. The summed E-state index contributed by atoms with van der Waals surface area (Å²) in [5.41, 5.74) is 1.73. The molecule has 0 amide bonds. The first-order valence-corrected chi connectivity index (χ1v) is 7.81. The molecule has 0 heterocycles. The Kier molecular flexibility index (Phi) is 6.42. The first kappa shape index (κ1) is 17.8. The van der Waals surface area contributed by atoms with Gasteiger partial charge in [0.05, 0.1) is 25.9 Å². The average Bonchev–Trinajstić information content (AvgIpc) is 2.56. The largest absolute Gasteiger partial charge is 0.497 e. The van der Waals surface area contributed by atoms with Gasteiger partial charge < -0.3 is 14.9 Å². The maximum atomic E-state index is 10.4. The number of aliphatic hydroxyl groups excluding tert-OH is 2. The third-order valence-electron chi connectivity index (χ3n) is 3.90. The summed E-state index contributed by atoms with van der Waals surface area (Å²) in [5, 5.41) is 20.7. The highest BCUT2D eigenvalue weighted by Crippen LogP contribution is 2.25. The lowest BCUT2D eigenvalue weighted by Gasteiger charge is -2.29. The van der Waals surface area contributed by atoms with Crippen molar-refractivity contribution < 1.29 is 14.9 Å². The summed E-state index contributed by atoms with van der Waals surface area (Å²) in [6.07, 6.45) is -0.675. The average molecular weight is 336 g/mol. The van der Waals surface area contributed by atoms with Crippen molar-refractivity contribution in [1.29, 1.82) is 0 Å². The molecular weight excluding hydrogens is 314 g/mol. The molecule has 2 aromatic carbocycles. The number of benzene rings is 2. The van der Waals surface area contributed by atoms with E-state index in [-0.39, 0.29) is 12.6 Å². The number of halogens is 1. The molecule has 0 aliphatic rings. The van der Waals surface area contributed by atoms with Gasteiger partial charge in [-0.25, -0.2) is 0 Å². The van der Waals surface area contributed by atoms with Crippen molar-refractivity contribution in [3.8, 4) is 5.75 Å². The Balaban J connectivity index is 2.08. The first-order chi connectivity index (χ1) is 11.0. The standard InChI is InChI=1S/C18H22ClNO3/c1-20(11-18(22)14-4-3-5-15(19)10-14)17(12-21)13-6-8-16(23-2)9-7-13/h3-10,17-18,21-22H,11-12H2,1-2H3/t17-,18+/m1/s1. The zero-order chi connectivity index (χ0) is 16.8. The van der Waals surface area contributed by atoms with Gasteiger partial charge in [0.15, 0.2) is 0 Å². The molecule has 2 N–H and O–H groups in total. The van der Waals surface area contributed by atoms with Crippen molar-refractivity contribution in [3.63, 3.8) is 0 Å². The Morgan fingerprint density at radius 3 is 2.39 bits per heavy atom. The van der Waals surface area contributed by atoms with Gasteiger partial charge >= 0.3 is 0 Å². The number of hydrogen-bond acceptors (Lipinski definition) is 4. The fourth-order valence-electron chi connectivity index (χ4n) is 2.54. The topological polar surface area (TPSA) is 52.9 Å². The monoisotopic (exact) mass is 335 g/mol. The van der Waals surface area contributed by atoms with Crippen LogP contribution in [0.1, 0.15) is 23.3 Å². The molecule has 0 aliphatic heterocycles. The van der Waals surface area contributed by atoms with Gasteiger partial charge in [0, 0.05) is 11.6 Å². The highest BCUT2D eigenvalue weighted by molar-refractivity contribution is 6.30. The van der Waals surface area contributed by atoms with Crippen LogP contribution in [-0.2, 0) is 0 Å². The summed E-state index contributed by atoms with van der Waals surface area (Å²) in [5.74, 6) is 0.770. The lowest BCUT2D eigenvalue weighted by Crippen LogP contribution is -2.31. The van der Waals surface area contributed by atoms with Crippen molar-refractivity contribution in [3.05, 3.63) is 64.7 Å². The van der Waals surface area contributed by atoms with Crippen molar-refractivity contribution in [2.45, 2.75) is 12.1 Å². The van der Waals surface area contributed by atoms with Crippen molar-refractivity contribution in [1.82, 2.24) is 4.90 Å². The summed E-state index contributed by atoms with van der Waals surface area (Å²) in [6.45, 7) is 0.350. The normalized spacial score (nSPS) is 13.8. The molecule has 4 nitrogen and oxygen atoms in total. The Morgan fingerprint density at radius 1 is 1.13 bits per heavy atom. The Bertz CT molecular complexity index is 618. The lowest BCUT2D eigenvalue weighted by atomic mass is 10.0. The van der Waals surface area contributed by atoms with Crippen LogP contribution in [0.25, 0.3) is 0 Å². The maximum Gasteiger partial charge on any atom is 0.118 e. The zero-order valence-electron chi connectivity index (χ0n) is 13.3. The van der Waals surface area contributed by atoms with E-state index in [4.69, 9.17) is 16.3 Å². The van der Waals surface area contributed by atoms with Crippen LogP contribution in [-0.4, -0.2) is 42.4 Å². The van der Waals surface area contributed by atoms with Gasteiger partial charge in [0.2, 0.25) is 0 Å². The molecule has 0 fully saturated rings. The number of likely N-dealkylation sites (N-methyl/N-ethyl adjacent to an activating group) is 1. The molecule has 2 rings (SSSR count). The summed E-state index contributed by atoms with van der Waals surface area (Å²) in [4.78, 5) is 1.92. The van der Waals surface area contributed by atoms with Crippen LogP contribution in [0.2, 0.25) is 5.02 Å². The number of aliphatic hydroxyl groups is 2. The smallest absolute Gasteiger partial charge is 0.118 e. The number of hydrogen-bond donors (Lipinski definition) is 2. The van der Waals surface area contributed by atoms with Gasteiger partial charge in [0.25, 0.3) is 0 Å². The van der Waals surface area contributed by atoms with Crippen LogP contribution in [0.4, 0.5) is 0 Å². The number of ether oxygens (including phenoxy) is 1. The van der Waals surface area contributed by atoms with E-state index in [0.717, 1.165) is 16.9 Å². The molecule has 124 valence electrons. The van der Waals surface area contributed by atoms with Crippen LogP contribution in [0.5, 0.6) is 5.75 Å². The van der Waals surface area contributed by atoms with E-state index in [0.29, 0.717) is 11.6 Å². The predicted molar refractivity (Wildman–Crippen MR) is 91.9 cm³/mol. The predicted octanol–water partition coefficient (Wildman–Crippen LogP) is 3.05. The maximum absolute atomic E-state index is 10.4. The first-order valence-electron chi connectivity index (χ1n) is 7.43. The van der Waals surface area contributed by atoms with Gasteiger partial charge in [-0.05, 0) is 42.4 Å². The molecule has 2 aromatic rings. The summed E-state index contributed by atoms with van der Waals surface area (Å²) < 4.78 is 5.15. The van der Waals surface area contributed by atoms with Crippen molar-refractivity contribution in [2.75, 3.05) is 27.3 Å². The van der Waals surface area contributed by atoms with E-state index < -0.39 is 6.10 Å². The Hall–Kier alpha value is -1.59. The second kappa shape index (κ2) is 8.31. The molecule has 0 aromatic heterocycles. The van der Waals surface area contributed by atoms with Gasteiger partial charge in [-0.3, -0.25) is 4.90 Å². The van der Waals surface area contributed by atoms with E-state index in [1.54, 1.807) is 19.2 Å². The zero-order valence-corrected chi connectivity index (χ0v) is 14.1. The van der Waals surface area contributed by atoms with Crippen LogP contribution in [0.15, 0.2) is 48.5 Å². The lowest BCUT2D eigenvalue weighted by molar-refractivity contribution is 0.0795. The molecule has 0 aliphatic carbocycles. The molecular formula is C18H22ClNO3. The van der Waals surface area contributed by atoms with Crippen LogP contribution in [0.3, 0.4) is 0 Å². The third kappa shape index (κ3) is 4.69. The number of methoxy groups -OCH3 is 1. The van der Waals surface area contributed by atoms with Gasteiger partial charge in [-0.2, -0.15) is 0 Å². The molecule has 0 bridgehead atoms. The van der Waals surface area contributed by atoms with Gasteiger partial charge in [0.1, 0.15) is 5.75 Å².